The molecule has 0 radical (unpaired) electrons. The summed E-state index contributed by atoms with van der Waals surface area (Å²) in [4.78, 5) is 2.30. The maximum Gasteiger partial charge on any atom is 0.364 e. The van der Waals surface area contributed by atoms with Crippen LogP contribution in [0.25, 0.3) is 6.08 Å². The normalized spacial score (nSPS) is 17.3. The lowest BCUT2D eigenvalue weighted by Gasteiger charge is -2.25. The van der Waals surface area contributed by atoms with Gasteiger partial charge in [0.15, 0.2) is 5.75 Å². The molecule has 1 aromatic heterocycles. The molecule has 0 amide bonds. The molecule has 0 saturated carbocycles. The molecular weight excluding hydrogens is 424 g/mol. The number of aromatic nitrogens is 1. The van der Waals surface area contributed by atoms with E-state index in [0.717, 1.165) is 7.55 Å². The predicted octanol–water partition coefficient (Wildman–Crippen LogP) is 6.08. The Morgan fingerprint density at radius 3 is 2.24 bits per heavy atom. The highest BCUT2D eigenvalue weighted by Gasteiger charge is 2.24. The minimum atomic E-state index is -0.363. The Balaban J connectivity index is 0.000000147. The van der Waals surface area contributed by atoms with E-state index >= 15 is 0 Å². The average Bonchev–Trinajstić information content (AvgIpc) is 3.22. The fraction of sp³-hybridized carbons (Fsp3) is 0.125. The molecule has 4 rings (SSSR count). The smallest absolute Gasteiger partial charge is 0.364 e. The topological polar surface area (TPSA) is 28.4 Å². The third-order valence-corrected chi connectivity index (χ3v) is 6.26. The number of aromatic hydroxyl groups is 1. The van der Waals surface area contributed by atoms with Crippen molar-refractivity contribution in [1.82, 2.24) is 9.29 Å². The molecule has 0 aliphatic carbocycles. The molecule has 0 bridgehead atoms. The lowest BCUT2D eigenvalue weighted by atomic mass is 9.99. The molecule has 130 valence electrons. The number of allylic oxidation sites excluding steroid dienone is 1. The van der Waals surface area contributed by atoms with Gasteiger partial charge in [-0.2, -0.15) is 0 Å². The Morgan fingerprint density at radius 2 is 1.60 bits per heavy atom. The number of hydrogen-bond donors (Lipinski definition) is 1. The first-order valence-corrected chi connectivity index (χ1v) is 9.22. The van der Waals surface area contributed by atoms with E-state index in [4.69, 9.17) is 58.0 Å². The fourth-order valence-electron chi connectivity index (χ4n) is 2.62. The zero-order valence-corrected chi connectivity index (χ0v) is 16.8. The van der Waals surface area contributed by atoms with Crippen molar-refractivity contribution >= 4 is 71.6 Å². The van der Waals surface area contributed by atoms with Crippen molar-refractivity contribution < 1.29 is 5.11 Å². The number of phenols is 1. The van der Waals surface area contributed by atoms with Crippen molar-refractivity contribution in [2.75, 3.05) is 0 Å². The minimum Gasteiger partial charge on any atom is -0.505 e. The second-order valence-corrected chi connectivity index (χ2v) is 7.52. The van der Waals surface area contributed by atoms with Crippen LogP contribution >= 0.6 is 58.0 Å². The second kappa shape index (κ2) is 7.38. The van der Waals surface area contributed by atoms with E-state index in [9.17, 15) is 5.11 Å². The van der Waals surface area contributed by atoms with Crippen LogP contribution in [0.5, 0.6) is 5.75 Å². The van der Waals surface area contributed by atoms with Gasteiger partial charge in [0.2, 0.25) is 0 Å². The molecule has 2 aliphatic heterocycles. The van der Waals surface area contributed by atoms with Crippen molar-refractivity contribution in [1.29, 1.82) is 0 Å². The summed E-state index contributed by atoms with van der Waals surface area (Å²) in [7, 11) is 0.967. The highest BCUT2D eigenvalue weighted by atomic mass is 35.5. The number of hydrogen-bond acceptors (Lipinski definition) is 2. The van der Waals surface area contributed by atoms with Crippen LogP contribution in [0.4, 0.5) is 0 Å². The monoisotopic (exact) mass is 434 g/mol. The largest absolute Gasteiger partial charge is 0.505 e. The summed E-state index contributed by atoms with van der Waals surface area (Å²) in [5.74, 6) is 0.210. The summed E-state index contributed by atoms with van der Waals surface area (Å²) in [5, 5.41) is 9.01. The lowest BCUT2D eigenvalue weighted by Crippen LogP contribution is -2.30. The summed E-state index contributed by atoms with van der Waals surface area (Å²) in [6.45, 7) is 2.24. The van der Waals surface area contributed by atoms with Crippen molar-refractivity contribution in [3.05, 3.63) is 67.1 Å². The summed E-state index contributed by atoms with van der Waals surface area (Å²) in [6.07, 6.45) is 8.82. The van der Waals surface area contributed by atoms with Gasteiger partial charge in [0.05, 0.1) is 15.1 Å². The quantitative estimate of drug-likeness (QED) is 0.308. The van der Waals surface area contributed by atoms with Crippen molar-refractivity contribution in [2.24, 2.45) is 5.92 Å². The van der Waals surface area contributed by atoms with Gasteiger partial charge < -0.3 is 14.4 Å². The van der Waals surface area contributed by atoms with E-state index in [1.54, 1.807) is 0 Å². The summed E-state index contributed by atoms with van der Waals surface area (Å²) < 4.78 is 2.26. The van der Waals surface area contributed by atoms with Gasteiger partial charge >= 0.3 is 7.55 Å². The maximum absolute atomic E-state index is 9.20. The van der Waals surface area contributed by atoms with E-state index in [1.165, 1.54) is 11.4 Å². The van der Waals surface area contributed by atoms with Gasteiger partial charge in [0.1, 0.15) is 10.0 Å². The molecule has 3 heterocycles. The molecule has 0 spiro atoms. The van der Waals surface area contributed by atoms with Crippen LogP contribution in [0.15, 0.2) is 36.3 Å². The van der Waals surface area contributed by atoms with Crippen LogP contribution in [0.3, 0.4) is 0 Å². The van der Waals surface area contributed by atoms with Crippen LogP contribution in [0.1, 0.15) is 12.6 Å². The Hall–Kier alpha value is -0.905. The van der Waals surface area contributed by atoms with Gasteiger partial charge in [-0.1, -0.05) is 71.0 Å². The van der Waals surface area contributed by atoms with Gasteiger partial charge in [-0.3, -0.25) is 0 Å². The van der Waals surface area contributed by atoms with E-state index in [1.807, 2.05) is 0 Å². The van der Waals surface area contributed by atoms with Crippen molar-refractivity contribution in [2.45, 2.75) is 6.92 Å². The van der Waals surface area contributed by atoms with Crippen LogP contribution in [0, 0.1) is 5.92 Å². The molecule has 2 aromatic rings. The van der Waals surface area contributed by atoms with E-state index in [2.05, 4.69) is 52.9 Å². The van der Waals surface area contributed by atoms with Crippen molar-refractivity contribution in [3.63, 3.8) is 0 Å². The number of nitrogens with zero attached hydrogens (tertiary/aromatic N) is 2. The van der Waals surface area contributed by atoms with Crippen LogP contribution in [0.2, 0.25) is 25.1 Å². The fourth-order valence-corrected chi connectivity index (χ4v) is 3.75. The van der Waals surface area contributed by atoms with E-state index in [-0.39, 0.29) is 30.9 Å². The molecular formula is C16H12BCl5N2O. The SMILES string of the molecule is CC1C=CN2Bn3cccc3C=C12.Oc1c(Cl)c(Cl)c(Cl)c(Cl)c1Cl. The molecule has 0 saturated heterocycles. The Kier molecular flexibility index (Phi) is 5.57. The predicted molar refractivity (Wildman–Crippen MR) is 108 cm³/mol. The second-order valence-electron chi connectivity index (χ2n) is 5.63. The third-order valence-electron chi connectivity index (χ3n) is 4.00. The van der Waals surface area contributed by atoms with Gasteiger partial charge in [0.25, 0.3) is 0 Å². The number of phenolic OH excluding ortho intramolecular Hbond substituents is 1. The van der Waals surface area contributed by atoms with Crippen LogP contribution < -0.4 is 0 Å². The molecule has 9 heteroatoms. The molecule has 1 N–H and O–H groups in total. The Labute approximate surface area is 171 Å². The zero-order valence-electron chi connectivity index (χ0n) is 13.0. The molecule has 0 fully saturated rings. The number of halogens is 5. The first-order valence-electron chi connectivity index (χ1n) is 7.33. The molecule has 1 unspecified atom stereocenters. The molecule has 1 atom stereocenters. The maximum atomic E-state index is 9.20. The molecule has 3 nitrogen and oxygen atoms in total. The third kappa shape index (κ3) is 3.51. The molecule has 1 aromatic carbocycles. The molecule has 2 aliphatic rings. The van der Waals surface area contributed by atoms with Gasteiger partial charge in [-0.25, -0.2) is 0 Å². The Bertz CT molecular complexity index is 788. The first-order chi connectivity index (χ1) is 11.8. The van der Waals surface area contributed by atoms with Crippen molar-refractivity contribution in [3.8, 4) is 5.75 Å². The van der Waals surface area contributed by atoms with E-state index < -0.39 is 0 Å². The van der Waals surface area contributed by atoms with Crippen LogP contribution in [-0.4, -0.2) is 21.9 Å². The summed E-state index contributed by atoms with van der Waals surface area (Å²) in [5.41, 5.74) is 2.74. The standard InChI is InChI=1S/C10H11BN2.C6HCl5O/c1-8-4-6-13-10(8)7-9-3-2-5-12(9)11-13;7-1-2(8)4(10)6(12)5(11)3(1)9/h2-8,11H,1H3;12H. The van der Waals surface area contributed by atoms with Gasteiger partial charge in [0, 0.05) is 17.3 Å². The summed E-state index contributed by atoms with van der Waals surface area (Å²) in [6, 6.07) is 4.26. The highest BCUT2D eigenvalue weighted by Crippen LogP contribution is 2.47. The van der Waals surface area contributed by atoms with Crippen LogP contribution in [-0.2, 0) is 0 Å². The highest BCUT2D eigenvalue weighted by molar-refractivity contribution is 6.55. The first kappa shape index (κ1) is 18.9. The Morgan fingerprint density at radius 1 is 1.00 bits per heavy atom. The number of rotatable bonds is 0. The number of fused-ring (bicyclic) bond motifs is 2. The van der Waals surface area contributed by atoms with E-state index in [0.29, 0.717) is 5.92 Å². The number of benzene rings is 1. The zero-order chi connectivity index (χ0) is 18.3. The average molecular weight is 436 g/mol. The molecule has 25 heavy (non-hydrogen) atoms. The minimum absolute atomic E-state index is 0.00904. The van der Waals surface area contributed by atoms with Gasteiger partial charge in [-0.15, -0.1) is 0 Å². The lowest BCUT2D eigenvalue weighted by molar-refractivity contribution is 0.476. The summed E-state index contributed by atoms with van der Waals surface area (Å²) >= 11 is 27.9. The van der Waals surface area contributed by atoms with Gasteiger partial charge in [-0.05, 0) is 30.6 Å².